The summed E-state index contributed by atoms with van der Waals surface area (Å²) in [7, 11) is 0. The molecule has 0 saturated carbocycles. The summed E-state index contributed by atoms with van der Waals surface area (Å²) in [5.74, 6) is 2.49. The SMILES string of the molecule is CC(CCl)CSc1ccc2c(c1)CCC2. The number of rotatable bonds is 4. The molecule has 0 saturated heterocycles. The van der Waals surface area contributed by atoms with Gasteiger partial charge in [0.05, 0.1) is 0 Å². The van der Waals surface area contributed by atoms with Crippen LogP contribution in [0.4, 0.5) is 0 Å². The Hall–Kier alpha value is -0.140. The van der Waals surface area contributed by atoms with Crippen molar-refractivity contribution in [2.24, 2.45) is 5.92 Å². The summed E-state index contributed by atoms with van der Waals surface area (Å²) < 4.78 is 0. The van der Waals surface area contributed by atoms with E-state index < -0.39 is 0 Å². The predicted molar refractivity (Wildman–Crippen MR) is 69.1 cm³/mol. The summed E-state index contributed by atoms with van der Waals surface area (Å²) in [6.07, 6.45) is 3.88. The van der Waals surface area contributed by atoms with Crippen molar-refractivity contribution in [1.29, 1.82) is 0 Å². The van der Waals surface area contributed by atoms with Gasteiger partial charge >= 0.3 is 0 Å². The molecule has 0 N–H and O–H groups in total. The highest BCUT2D eigenvalue weighted by Gasteiger charge is 2.11. The molecule has 1 aliphatic carbocycles. The number of alkyl halides is 1. The van der Waals surface area contributed by atoms with Crippen LogP contribution in [0, 0.1) is 5.92 Å². The number of fused-ring (bicyclic) bond motifs is 1. The van der Waals surface area contributed by atoms with Gasteiger partial charge in [-0.2, -0.15) is 0 Å². The van der Waals surface area contributed by atoms with Gasteiger partial charge in [-0.05, 0) is 48.4 Å². The minimum absolute atomic E-state index is 0.602. The first kappa shape index (κ1) is 11.3. The van der Waals surface area contributed by atoms with Gasteiger partial charge in [0.2, 0.25) is 0 Å². The van der Waals surface area contributed by atoms with Crippen molar-refractivity contribution in [3.05, 3.63) is 29.3 Å². The Morgan fingerprint density at radius 3 is 2.93 bits per heavy atom. The van der Waals surface area contributed by atoms with Crippen LogP contribution in [0.25, 0.3) is 0 Å². The monoisotopic (exact) mass is 240 g/mol. The second kappa shape index (κ2) is 5.27. The Balaban J connectivity index is 1.98. The summed E-state index contributed by atoms with van der Waals surface area (Å²) >= 11 is 7.73. The number of benzene rings is 1. The molecule has 0 heterocycles. The Kier molecular flexibility index (Phi) is 3.99. The zero-order chi connectivity index (χ0) is 10.7. The van der Waals surface area contributed by atoms with E-state index in [1.165, 1.54) is 24.2 Å². The highest BCUT2D eigenvalue weighted by Crippen LogP contribution is 2.28. The second-order valence-electron chi connectivity index (χ2n) is 4.35. The fraction of sp³-hybridized carbons (Fsp3) is 0.538. The second-order valence-corrected chi connectivity index (χ2v) is 5.76. The van der Waals surface area contributed by atoms with Crippen molar-refractivity contribution in [2.45, 2.75) is 31.1 Å². The molecule has 1 aromatic carbocycles. The van der Waals surface area contributed by atoms with Gasteiger partial charge in [0.25, 0.3) is 0 Å². The van der Waals surface area contributed by atoms with E-state index in [0.29, 0.717) is 5.92 Å². The standard InChI is InChI=1S/C13H17ClS/c1-10(8-14)9-15-13-6-5-11-3-2-4-12(11)7-13/h5-7,10H,2-4,8-9H2,1H3. The lowest BCUT2D eigenvalue weighted by molar-refractivity contribution is 0.759. The fourth-order valence-corrected chi connectivity index (χ4v) is 3.14. The predicted octanol–water partition coefficient (Wildman–Crippen LogP) is 4.14. The number of aryl methyl sites for hydroxylation is 2. The molecule has 0 radical (unpaired) electrons. The van der Waals surface area contributed by atoms with Crippen molar-refractivity contribution < 1.29 is 0 Å². The van der Waals surface area contributed by atoms with Gasteiger partial charge in [0.1, 0.15) is 0 Å². The molecule has 1 atom stereocenters. The molecule has 2 heteroatoms. The Bertz CT molecular complexity index is 335. The molecule has 1 aromatic rings. The van der Waals surface area contributed by atoms with Gasteiger partial charge in [-0.15, -0.1) is 23.4 Å². The molecule has 0 amide bonds. The van der Waals surface area contributed by atoms with Crippen LogP contribution in [0.5, 0.6) is 0 Å². The molecule has 0 nitrogen and oxygen atoms in total. The Morgan fingerprint density at radius 2 is 2.13 bits per heavy atom. The van der Waals surface area contributed by atoms with Crippen molar-refractivity contribution in [3.63, 3.8) is 0 Å². The van der Waals surface area contributed by atoms with Crippen LogP contribution >= 0.6 is 23.4 Å². The van der Waals surface area contributed by atoms with E-state index in [4.69, 9.17) is 11.6 Å². The summed E-state index contributed by atoms with van der Waals surface area (Å²) in [5, 5.41) is 0. The Morgan fingerprint density at radius 1 is 1.33 bits per heavy atom. The van der Waals surface area contributed by atoms with E-state index in [-0.39, 0.29) is 0 Å². The van der Waals surface area contributed by atoms with Gasteiger partial charge in [-0.3, -0.25) is 0 Å². The van der Waals surface area contributed by atoms with Crippen LogP contribution in [0.1, 0.15) is 24.5 Å². The molecule has 2 rings (SSSR count). The van der Waals surface area contributed by atoms with E-state index in [0.717, 1.165) is 11.6 Å². The molecular formula is C13H17ClS. The molecular weight excluding hydrogens is 224 g/mol. The largest absolute Gasteiger partial charge is 0.126 e. The third kappa shape index (κ3) is 2.92. The summed E-state index contributed by atoms with van der Waals surface area (Å²) in [4.78, 5) is 1.41. The highest BCUT2D eigenvalue weighted by molar-refractivity contribution is 7.99. The molecule has 1 aliphatic rings. The summed E-state index contributed by atoms with van der Waals surface area (Å²) in [6.45, 7) is 2.20. The van der Waals surface area contributed by atoms with Gasteiger partial charge in [0.15, 0.2) is 0 Å². The first-order valence-electron chi connectivity index (χ1n) is 5.60. The number of thioether (sulfide) groups is 1. The third-order valence-electron chi connectivity index (χ3n) is 2.87. The van der Waals surface area contributed by atoms with Gasteiger partial charge < -0.3 is 0 Å². The first-order chi connectivity index (χ1) is 7.29. The lowest BCUT2D eigenvalue weighted by Crippen LogP contribution is -1.98. The van der Waals surface area contributed by atoms with Crippen LogP contribution in [-0.2, 0) is 12.8 Å². The summed E-state index contributed by atoms with van der Waals surface area (Å²) in [5.41, 5.74) is 3.13. The zero-order valence-corrected chi connectivity index (χ0v) is 10.7. The van der Waals surface area contributed by atoms with Gasteiger partial charge in [0, 0.05) is 16.5 Å². The molecule has 82 valence electrons. The number of hydrogen-bond donors (Lipinski definition) is 0. The molecule has 0 aromatic heterocycles. The summed E-state index contributed by atoms with van der Waals surface area (Å²) in [6, 6.07) is 6.93. The van der Waals surface area contributed by atoms with Crippen molar-refractivity contribution in [3.8, 4) is 0 Å². The molecule has 0 fully saturated rings. The number of halogens is 1. The minimum Gasteiger partial charge on any atom is -0.126 e. The molecule has 1 unspecified atom stereocenters. The lowest BCUT2D eigenvalue weighted by atomic mass is 10.1. The minimum atomic E-state index is 0.602. The first-order valence-corrected chi connectivity index (χ1v) is 7.12. The van der Waals surface area contributed by atoms with E-state index in [1.807, 2.05) is 11.8 Å². The molecule has 15 heavy (non-hydrogen) atoms. The van der Waals surface area contributed by atoms with Gasteiger partial charge in [-0.25, -0.2) is 0 Å². The van der Waals surface area contributed by atoms with E-state index in [9.17, 15) is 0 Å². The third-order valence-corrected chi connectivity index (χ3v) is 4.72. The zero-order valence-electron chi connectivity index (χ0n) is 9.13. The fourth-order valence-electron chi connectivity index (χ4n) is 1.92. The van der Waals surface area contributed by atoms with Crippen LogP contribution in [0.3, 0.4) is 0 Å². The van der Waals surface area contributed by atoms with E-state index in [1.54, 1.807) is 11.1 Å². The average Bonchev–Trinajstić information content (AvgIpc) is 2.72. The van der Waals surface area contributed by atoms with E-state index in [2.05, 4.69) is 25.1 Å². The molecule has 0 bridgehead atoms. The number of hydrogen-bond acceptors (Lipinski definition) is 1. The normalized spacial score (nSPS) is 16.4. The average molecular weight is 241 g/mol. The van der Waals surface area contributed by atoms with Crippen molar-refractivity contribution in [2.75, 3.05) is 11.6 Å². The van der Waals surface area contributed by atoms with Crippen LogP contribution in [-0.4, -0.2) is 11.6 Å². The smallest absolute Gasteiger partial charge is 0.0257 e. The maximum Gasteiger partial charge on any atom is 0.0257 e. The van der Waals surface area contributed by atoms with E-state index >= 15 is 0 Å². The maximum atomic E-state index is 5.80. The van der Waals surface area contributed by atoms with Crippen LogP contribution in [0.15, 0.2) is 23.1 Å². The quantitative estimate of drug-likeness (QED) is 0.563. The molecule has 0 aliphatic heterocycles. The van der Waals surface area contributed by atoms with Crippen molar-refractivity contribution >= 4 is 23.4 Å². The Labute approximate surface area is 101 Å². The topological polar surface area (TPSA) is 0 Å². The maximum absolute atomic E-state index is 5.80. The van der Waals surface area contributed by atoms with Crippen LogP contribution in [0.2, 0.25) is 0 Å². The van der Waals surface area contributed by atoms with Crippen LogP contribution < -0.4 is 0 Å². The van der Waals surface area contributed by atoms with Crippen molar-refractivity contribution in [1.82, 2.24) is 0 Å². The highest BCUT2D eigenvalue weighted by atomic mass is 35.5. The molecule has 0 spiro atoms. The van der Waals surface area contributed by atoms with Gasteiger partial charge in [-0.1, -0.05) is 13.0 Å². The lowest BCUT2D eigenvalue weighted by Gasteiger charge is -2.08.